The van der Waals surface area contributed by atoms with E-state index in [1.807, 2.05) is 6.92 Å². The molecule has 0 radical (unpaired) electrons. The van der Waals surface area contributed by atoms with Crippen LogP contribution in [0.1, 0.15) is 29.9 Å². The summed E-state index contributed by atoms with van der Waals surface area (Å²) in [6.45, 7) is 3.66. The van der Waals surface area contributed by atoms with Gasteiger partial charge in [-0.25, -0.2) is 4.79 Å². The van der Waals surface area contributed by atoms with E-state index in [4.69, 9.17) is 16.7 Å². The number of aromatic nitrogens is 1. The molecule has 18 heavy (non-hydrogen) atoms. The fourth-order valence-electron chi connectivity index (χ4n) is 1.60. The molecule has 0 saturated heterocycles. The fraction of sp³-hybridized carbons (Fsp3) is 0.417. The van der Waals surface area contributed by atoms with Gasteiger partial charge in [0.05, 0.1) is 10.7 Å². The molecule has 1 aromatic rings. The molecule has 0 bridgehead atoms. The van der Waals surface area contributed by atoms with Crippen LogP contribution in [0.3, 0.4) is 0 Å². The van der Waals surface area contributed by atoms with Gasteiger partial charge in [0.1, 0.15) is 0 Å². The Morgan fingerprint density at radius 1 is 1.56 bits per heavy atom. The van der Waals surface area contributed by atoms with Crippen LogP contribution in [0.5, 0.6) is 0 Å². The quantitative estimate of drug-likeness (QED) is 0.805. The Hall–Kier alpha value is -1.62. The Morgan fingerprint density at radius 3 is 2.78 bits per heavy atom. The van der Waals surface area contributed by atoms with Gasteiger partial charge in [0.25, 0.3) is 0 Å². The van der Waals surface area contributed by atoms with Crippen molar-refractivity contribution in [3.63, 3.8) is 0 Å². The molecule has 0 fully saturated rings. The highest BCUT2D eigenvalue weighted by atomic mass is 35.5. The van der Waals surface area contributed by atoms with Crippen LogP contribution >= 0.6 is 11.6 Å². The van der Waals surface area contributed by atoms with E-state index in [9.17, 15) is 9.59 Å². The zero-order valence-electron chi connectivity index (χ0n) is 10.2. The number of nitrogens with zero attached hydrogens (tertiary/aromatic N) is 1. The molecule has 1 heterocycles. The van der Waals surface area contributed by atoms with E-state index < -0.39 is 6.09 Å². The van der Waals surface area contributed by atoms with Gasteiger partial charge in [-0.1, -0.05) is 18.5 Å². The summed E-state index contributed by atoms with van der Waals surface area (Å²) in [6, 6.07) is 1.59. The Labute approximate surface area is 110 Å². The molecule has 0 aromatic carbocycles. The number of hydrogen-bond donors (Lipinski definition) is 2. The zero-order chi connectivity index (χ0) is 13.7. The lowest BCUT2D eigenvalue weighted by molar-refractivity contribution is 0.101. The van der Waals surface area contributed by atoms with E-state index in [1.165, 1.54) is 13.1 Å². The molecule has 1 rings (SSSR count). The number of carboxylic acid groups (broad SMARTS) is 1. The molecular formula is C12H15ClN2O3. The van der Waals surface area contributed by atoms with Crippen molar-refractivity contribution >= 4 is 23.5 Å². The lowest BCUT2D eigenvalue weighted by Crippen LogP contribution is -2.27. The highest BCUT2D eigenvalue weighted by Crippen LogP contribution is 2.17. The first-order valence-corrected chi connectivity index (χ1v) is 5.90. The third kappa shape index (κ3) is 4.33. The minimum atomic E-state index is -1.06. The summed E-state index contributed by atoms with van der Waals surface area (Å²) in [4.78, 5) is 26.0. The highest BCUT2D eigenvalue weighted by Gasteiger charge is 2.13. The third-order valence-corrected chi connectivity index (χ3v) is 2.67. The molecule has 1 aromatic heterocycles. The fourth-order valence-corrected chi connectivity index (χ4v) is 1.76. The first kappa shape index (κ1) is 14.4. The molecule has 2 N–H and O–H groups in total. The van der Waals surface area contributed by atoms with E-state index >= 15 is 0 Å². The van der Waals surface area contributed by atoms with Crippen molar-refractivity contribution < 1.29 is 14.7 Å². The van der Waals surface area contributed by atoms with Crippen molar-refractivity contribution in [2.45, 2.75) is 20.3 Å². The second-order valence-electron chi connectivity index (χ2n) is 4.20. The second-order valence-corrected chi connectivity index (χ2v) is 4.64. The monoisotopic (exact) mass is 270 g/mol. The molecule has 0 aliphatic heterocycles. The summed E-state index contributed by atoms with van der Waals surface area (Å²) in [6.07, 6.45) is 0.949. The normalized spacial score (nSPS) is 11.9. The maximum Gasteiger partial charge on any atom is 0.404 e. The second kappa shape index (κ2) is 6.35. The van der Waals surface area contributed by atoms with Crippen molar-refractivity contribution in [2.24, 2.45) is 5.92 Å². The Balaban J connectivity index is 2.77. The molecule has 5 nitrogen and oxygen atoms in total. The number of halogens is 1. The summed E-state index contributed by atoms with van der Waals surface area (Å²) in [5.74, 6) is -0.0498. The average Bonchev–Trinajstić information content (AvgIpc) is 2.28. The first-order valence-electron chi connectivity index (χ1n) is 5.52. The van der Waals surface area contributed by atoms with Gasteiger partial charge < -0.3 is 10.4 Å². The first-order chi connectivity index (χ1) is 8.40. The van der Waals surface area contributed by atoms with Crippen molar-refractivity contribution in [3.8, 4) is 0 Å². The maximum absolute atomic E-state index is 11.5. The maximum atomic E-state index is 11.5. The molecule has 1 atom stereocenters. The van der Waals surface area contributed by atoms with Crippen LogP contribution in [0.15, 0.2) is 12.3 Å². The molecule has 0 unspecified atom stereocenters. The summed E-state index contributed by atoms with van der Waals surface area (Å²) in [7, 11) is 0. The van der Waals surface area contributed by atoms with Gasteiger partial charge in [0.15, 0.2) is 5.78 Å². The van der Waals surface area contributed by atoms with Gasteiger partial charge in [-0.3, -0.25) is 9.78 Å². The zero-order valence-corrected chi connectivity index (χ0v) is 11.0. The van der Waals surface area contributed by atoms with Crippen molar-refractivity contribution in [2.75, 3.05) is 6.54 Å². The topological polar surface area (TPSA) is 79.3 Å². The summed E-state index contributed by atoms with van der Waals surface area (Å²) >= 11 is 5.80. The van der Waals surface area contributed by atoms with Crippen molar-refractivity contribution in [1.82, 2.24) is 10.3 Å². The molecule has 0 saturated carbocycles. The van der Waals surface area contributed by atoms with Crippen molar-refractivity contribution in [1.29, 1.82) is 0 Å². The van der Waals surface area contributed by atoms with E-state index in [1.54, 1.807) is 6.07 Å². The number of Topliss-reactive ketones (excluding diaryl/α,β-unsaturated/α-hetero) is 1. The van der Waals surface area contributed by atoms with E-state index in [0.29, 0.717) is 29.2 Å². The van der Waals surface area contributed by atoms with Crippen LogP contribution in [0, 0.1) is 5.92 Å². The number of rotatable bonds is 5. The smallest absolute Gasteiger partial charge is 0.404 e. The predicted octanol–water partition coefficient (Wildman–Crippen LogP) is 2.38. The lowest BCUT2D eigenvalue weighted by atomic mass is 10.00. The van der Waals surface area contributed by atoms with Gasteiger partial charge >= 0.3 is 6.09 Å². The predicted molar refractivity (Wildman–Crippen MR) is 68.1 cm³/mol. The van der Waals surface area contributed by atoms with E-state index in [-0.39, 0.29) is 11.7 Å². The van der Waals surface area contributed by atoms with Gasteiger partial charge in [0, 0.05) is 18.3 Å². The van der Waals surface area contributed by atoms with Gasteiger partial charge in [0.2, 0.25) is 0 Å². The minimum Gasteiger partial charge on any atom is -0.465 e. The largest absolute Gasteiger partial charge is 0.465 e. The molecule has 98 valence electrons. The molecule has 1 amide bonds. The molecule has 6 heteroatoms. The van der Waals surface area contributed by atoms with E-state index in [0.717, 1.165) is 0 Å². The average molecular weight is 271 g/mol. The molecule has 0 aliphatic rings. The SMILES string of the molecule is CC(=O)c1cc(Cl)cnc1C[C@H](C)CNC(=O)O. The number of carbonyl (C=O) groups is 2. The number of hydrogen-bond acceptors (Lipinski definition) is 3. The Kier molecular flexibility index (Phi) is 5.09. The molecular weight excluding hydrogens is 256 g/mol. The van der Waals surface area contributed by atoms with E-state index in [2.05, 4.69) is 10.3 Å². The number of carbonyl (C=O) groups excluding carboxylic acids is 1. The number of nitrogens with one attached hydrogen (secondary N) is 1. The van der Waals surface area contributed by atoms with Crippen LogP contribution in [0.4, 0.5) is 4.79 Å². The van der Waals surface area contributed by atoms with Crippen molar-refractivity contribution in [3.05, 3.63) is 28.5 Å². The molecule has 0 spiro atoms. The number of ketones is 1. The number of pyridine rings is 1. The van der Waals surface area contributed by atoms with Crippen LogP contribution in [0.2, 0.25) is 5.02 Å². The standard InChI is InChI=1S/C12H15ClN2O3/c1-7(5-15-12(17)18)3-11-10(8(2)16)4-9(13)6-14-11/h4,6-7,15H,3,5H2,1-2H3,(H,17,18)/t7-/m0/s1. The van der Waals surface area contributed by atoms with Gasteiger partial charge in [-0.05, 0) is 25.3 Å². The van der Waals surface area contributed by atoms with Gasteiger partial charge in [-0.2, -0.15) is 0 Å². The van der Waals surface area contributed by atoms with Crippen LogP contribution in [-0.4, -0.2) is 28.5 Å². The Morgan fingerprint density at radius 2 is 2.22 bits per heavy atom. The minimum absolute atomic E-state index is 0.0490. The number of amides is 1. The van der Waals surface area contributed by atoms with Crippen LogP contribution < -0.4 is 5.32 Å². The lowest BCUT2D eigenvalue weighted by Gasteiger charge is -2.12. The van der Waals surface area contributed by atoms with Gasteiger partial charge in [-0.15, -0.1) is 0 Å². The van der Waals surface area contributed by atoms with Crippen LogP contribution in [-0.2, 0) is 6.42 Å². The summed E-state index contributed by atoms with van der Waals surface area (Å²) in [5, 5.41) is 11.2. The highest BCUT2D eigenvalue weighted by molar-refractivity contribution is 6.30. The Bertz CT molecular complexity index is 463. The molecule has 0 aliphatic carbocycles. The summed E-state index contributed by atoms with van der Waals surface area (Å²) in [5.41, 5.74) is 1.14. The van der Waals surface area contributed by atoms with Crippen LogP contribution in [0.25, 0.3) is 0 Å². The summed E-state index contributed by atoms with van der Waals surface area (Å²) < 4.78 is 0. The third-order valence-electron chi connectivity index (χ3n) is 2.46.